The van der Waals surface area contributed by atoms with Gasteiger partial charge in [0.1, 0.15) is 0 Å². The van der Waals surface area contributed by atoms with Crippen LogP contribution in [0.4, 0.5) is 10.3 Å². The van der Waals surface area contributed by atoms with E-state index in [1.54, 1.807) is 0 Å². The van der Waals surface area contributed by atoms with Gasteiger partial charge >= 0.3 is 0 Å². The summed E-state index contributed by atoms with van der Waals surface area (Å²) in [5.41, 5.74) is 0. The molecule has 4 nitrogen and oxygen atoms in total. The van der Waals surface area contributed by atoms with Crippen LogP contribution in [0.1, 0.15) is 6.42 Å². The molecule has 1 saturated heterocycles. The molecule has 2 heterocycles. The standard InChI is InChI=1S/C8H10FN3O/c9-6-3-10-8(11-4-6)12-2-1-7(13)5-12/h3-4,7,13H,1-2,5H2. The highest BCUT2D eigenvalue weighted by atomic mass is 19.1. The maximum absolute atomic E-state index is 12.5. The number of hydrogen-bond donors (Lipinski definition) is 1. The second-order valence-corrected chi connectivity index (χ2v) is 3.09. The van der Waals surface area contributed by atoms with Crippen LogP contribution in [0.15, 0.2) is 12.4 Å². The Morgan fingerprint density at radius 1 is 1.46 bits per heavy atom. The molecule has 1 aliphatic rings. The average molecular weight is 183 g/mol. The van der Waals surface area contributed by atoms with E-state index >= 15 is 0 Å². The van der Waals surface area contributed by atoms with Crippen LogP contribution in [0.5, 0.6) is 0 Å². The molecule has 1 aromatic heterocycles. The second-order valence-electron chi connectivity index (χ2n) is 3.09. The number of hydrogen-bond acceptors (Lipinski definition) is 4. The highest BCUT2D eigenvalue weighted by Crippen LogP contribution is 2.14. The summed E-state index contributed by atoms with van der Waals surface area (Å²) in [5.74, 6) is 0.0430. The lowest BCUT2D eigenvalue weighted by Gasteiger charge is -2.13. The van der Waals surface area contributed by atoms with Crippen LogP contribution in [0.25, 0.3) is 0 Å². The Morgan fingerprint density at radius 3 is 2.69 bits per heavy atom. The topological polar surface area (TPSA) is 49.2 Å². The van der Waals surface area contributed by atoms with E-state index in [-0.39, 0.29) is 6.10 Å². The third-order valence-corrected chi connectivity index (χ3v) is 2.05. The molecule has 70 valence electrons. The first kappa shape index (κ1) is 8.37. The quantitative estimate of drug-likeness (QED) is 0.675. The Kier molecular flexibility index (Phi) is 2.10. The molecular formula is C8H10FN3O. The van der Waals surface area contributed by atoms with Gasteiger partial charge in [-0.15, -0.1) is 0 Å². The molecule has 1 fully saturated rings. The van der Waals surface area contributed by atoms with Crippen molar-refractivity contribution >= 4 is 5.95 Å². The zero-order valence-corrected chi connectivity index (χ0v) is 7.02. The van der Waals surface area contributed by atoms with Crippen molar-refractivity contribution in [2.24, 2.45) is 0 Å². The van der Waals surface area contributed by atoms with Gasteiger partial charge in [-0.1, -0.05) is 0 Å². The van der Waals surface area contributed by atoms with Crippen LogP contribution in [0.2, 0.25) is 0 Å². The Balaban J connectivity index is 2.13. The van der Waals surface area contributed by atoms with Crippen LogP contribution in [-0.4, -0.2) is 34.3 Å². The van der Waals surface area contributed by atoms with Crippen molar-refractivity contribution in [3.63, 3.8) is 0 Å². The minimum atomic E-state index is -0.441. The zero-order valence-electron chi connectivity index (χ0n) is 7.02. The van der Waals surface area contributed by atoms with Crippen LogP contribution >= 0.6 is 0 Å². The molecule has 1 N–H and O–H groups in total. The van der Waals surface area contributed by atoms with Gasteiger partial charge in [-0.2, -0.15) is 0 Å². The van der Waals surface area contributed by atoms with Crippen molar-refractivity contribution in [1.29, 1.82) is 0 Å². The van der Waals surface area contributed by atoms with Gasteiger partial charge in [0.15, 0.2) is 5.82 Å². The average Bonchev–Trinajstić information content (AvgIpc) is 2.53. The number of aliphatic hydroxyl groups excluding tert-OH is 1. The highest BCUT2D eigenvalue weighted by molar-refractivity contribution is 5.30. The van der Waals surface area contributed by atoms with Crippen molar-refractivity contribution in [3.8, 4) is 0 Å². The molecule has 1 aliphatic heterocycles. The molecule has 0 aromatic carbocycles. The summed E-state index contributed by atoms with van der Waals surface area (Å²) >= 11 is 0. The maximum Gasteiger partial charge on any atom is 0.225 e. The van der Waals surface area contributed by atoms with Crippen LogP contribution in [0, 0.1) is 5.82 Å². The van der Waals surface area contributed by atoms with Gasteiger partial charge in [0, 0.05) is 13.1 Å². The summed E-state index contributed by atoms with van der Waals surface area (Å²) in [6.07, 6.45) is 2.68. The lowest BCUT2D eigenvalue weighted by atomic mass is 10.3. The van der Waals surface area contributed by atoms with E-state index in [4.69, 9.17) is 0 Å². The SMILES string of the molecule is OC1CCN(c2ncc(F)cn2)C1. The van der Waals surface area contributed by atoms with Gasteiger partial charge in [0.25, 0.3) is 0 Å². The van der Waals surface area contributed by atoms with E-state index in [1.807, 2.05) is 4.90 Å². The molecule has 5 heteroatoms. The van der Waals surface area contributed by atoms with Gasteiger partial charge in [-0.05, 0) is 6.42 Å². The monoisotopic (exact) mass is 183 g/mol. The van der Waals surface area contributed by atoms with Crippen LogP contribution < -0.4 is 4.90 Å². The third kappa shape index (κ3) is 1.75. The molecule has 1 unspecified atom stereocenters. The van der Waals surface area contributed by atoms with Crippen molar-refractivity contribution < 1.29 is 9.50 Å². The molecule has 0 bridgehead atoms. The first-order chi connectivity index (χ1) is 6.25. The van der Waals surface area contributed by atoms with E-state index in [0.29, 0.717) is 12.5 Å². The van der Waals surface area contributed by atoms with E-state index in [0.717, 1.165) is 25.4 Å². The van der Waals surface area contributed by atoms with Crippen molar-refractivity contribution in [2.75, 3.05) is 18.0 Å². The maximum atomic E-state index is 12.5. The molecule has 0 spiro atoms. The summed E-state index contributed by atoms with van der Waals surface area (Å²) in [6.45, 7) is 1.26. The largest absolute Gasteiger partial charge is 0.391 e. The van der Waals surface area contributed by atoms with Gasteiger partial charge in [0.05, 0.1) is 18.5 Å². The molecule has 13 heavy (non-hydrogen) atoms. The summed E-state index contributed by atoms with van der Waals surface area (Å²) < 4.78 is 12.5. The smallest absolute Gasteiger partial charge is 0.225 e. The summed E-state index contributed by atoms with van der Waals surface area (Å²) in [7, 11) is 0. The molecular weight excluding hydrogens is 173 g/mol. The van der Waals surface area contributed by atoms with Gasteiger partial charge in [0.2, 0.25) is 5.95 Å². The first-order valence-corrected chi connectivity index (χ1v) is 4.16. The fourth-order valence-corrected chi connectivity index (χ4v) is 1.39. The van der Waals surface area contributed by atoms with E-state index < -0.39 is 5.82 Å². The Bertz CT molecular complexity index is 290. The van der Waals surface area contributed by atoms with E-state index in [2.05, 4.69) is 9.97 Å². The minimum Gasteiger partial charge on any atom is -0.391 e. The van der Waals surface area contributed by atoms with Crippen LogP contribution in [0.3, 0.4) is 0 Å². The number of β-amino-alcohol motifs (C(OH)–C–C–N with tert-alkyl or cyclic N) is 1. The molecule has 0 radical (unpaired) electrons. The van der Waals surface area contributed by atoms with E-state index in [1.165, 1.54) is 0 Å². The predicted octanol–water partition coefficient (Wildman–Crippen LogP) is 0.187. The van der Waals surface area contributed by atoms with Crippen molar-refractivity contribution in [1.82, 2.24) is 9.97 Å². The lowest BCUT2D eigenvalue weighted by Crippen LogP contribution is -2.23. The molecule has 2 rings (SSSR count). The zero-order chi connectivity index (χ0) is 9.26. The number of nitrogens with zero attached hydrogens (tertiary/aromatic N) is 3. The fourth-order valence-electron chi connectivity index (χ4n) is 1.39. The minimum absolute atomic E-state index is 0.311. The predicted molar refractivity (Wildman–Crippen MR) is 44.8 cm³/mol. The van der Waals surface area contributed by atoms with Gasteiger partial charge < -0.3 is 10.0 Å². The molecule has 0 aliphatic carbocycles. The number of aliphatic hydroxyl groups is 1. The number of halogens is 1. The molecule has 0 saturated carbocycles. The molecule has 0 amide bonds. The van der Waals surface area contributed by atoms with Crippen molar-refractivity contribution in [2.45, 2.75) is 12.5 Å². The lowest BCUT2D eigenvalue weighted by molar-refractivity contribution is 0.198. The third-order valence-electron chi connectivity index (χ3n) is 2.05. The van der Waals surface area contributed by atoms with Gasteiger partial charge in [-0.25, -0.2) is 14.4 Å². The summed E-state index contributed by atoms with van der Waals surface area (Å²) in [4.78, 5) is 9.48. The molecule has 1 aromatic rings. The fraction of sp³-hybridized carbons (Fsp3) is 0.500. The summed E-state index contributed by atoms with van der Waals surface area (Å²) in [5, 5.41) is 9.24. The highest BCUT2D eigenvalue weighted by Gasteiger charge is 2.21. The Labute approximate surface area is 75.0 Å². The Morgan fingerprint density at radius 2 is 2.15 bits per heavy atom. The van der Waals surface area contributed by atoms with Crippen LogP contribution in [-0.2, 0) is 0 Å². The number of aromatic nitrogens is 2. The number of rotatable bonds is 1. The second kappa shape index (κ2) is 3.26. The molecule has 1 atom stereocenters. The summed E-state index contributed by atoms with van der Waals surface area (Å²) in [6, 6.07) is 0. The van der Waals surface area contributed by atoms with Crippen molar-refractivity contribution in [3.05, 3.63) is 18.2 Å². The van der Waals surface area contributed by atoms with Gasteiger partial charge in [-0.3, -0.25) is 0 Å². The Hall–Kier alpha value is -1.23. The number of anilines is 1. The normalized spacial score (nSPS) is 22.3. The van der Waals surface area contributed by atoms with E-state index in [9.17, 15) is 9.50 Å². The first-order valence-electron chi connectivity index (χ1n) is 4.16.